The predicted octanol–water partition coefficient (Wildman–Crippen LogP) is 0.963. The van der Waals surface area contributed by atoms with Gasteiger partial charge in [-0.1, -0.05) is 0 Å². The van der Waals surface area contributed by atoms with Crippen molar-refractivity contribution in [2.45, 2.75) is 0 Å². The Hall–Kier alpha value is -0.213. The predicted molar refractivity (Wildman–Crippen MR) is 16.2 cm³/mol. The van der Waals surface area contributed by atoms with Gasteiger partial charge in [-0.15, -0.1) is 0 Å². The molecule has 0 nitrogen and oxygen atoms in total. The summed E-state index contributed by atoms with van der Waals surface area (Å²) in [6.07, 6.45) is 5.54. The molecule has 0 saturated heterocycles. The van der Waals surface area contributed by atoms with Crippen molar-refractivity contribution in [1.82, 2.24) is 0 Å². The Bertz CT molecular complexity index is 75.8. The van der Waals surface area contributed by atoms with Gasteiger partial charge in [0.2, 0.25) is 0 Å². The number of halogens is 3. The van der Waals surface area contributed by atoms with E-state index in [1.54, 1.807) is 0 Å². The Labute approximate surface area is 34.5 Å². The van der Waals surface area contributed by atoms with Crippen LogP contribution in [0.1, 0.15) is 0 Å². The number of hydrogen-bond acceptors (Lipinski definition) is 0. The van der Waals surface area contributed by atoms with Crippen LogP contribution in [0.5, 0.6) is 0 Å². The third kappa shape index (κ3) is 3.79. The van der Waals surface area contributed by atoms with Crippen LogP contribution in [0.15, 0.2) is 0 Å². The summed E-state index contributed by atoms with van der Waals surface area (Å²) in [4.78, 5) is 0. The zero-order valence-corrected chi connectivity index (χ0v) is 3.63. The van der Waals surface area contributed by atoms with E-state index in [1.807, 2.05) is 0 Å². The molecule has 0 unspecified atom stereocenters. The number of rotatable bonds is 0. The van der Waals surface area contributed by atoms with E-state index in [2.05, 4.69) is 0 Å². The molecule has 0 aliphatic heterocycles. The second-order valence-electron chi connectivity index (χ2n) is 0.623. The molecule has 0 N–H and O–H groups in total. The van der Waals surface area contributed by atoms with Gasteiger partial charge in [-0.3, -0.25) is 0 Å². The van der Waals surface area contributed by atoms with Crippen LogP contribution in [-0.2, 0) is 0 Å². The first kappa shape index (κ1) is 5.79. The minimum absolute atomic E-state index is 0.493. The maximum absolute atomic E-state index is 10.6. The van der Waals surface area contributed by atoms with Crippen molar-refractivity contribution in [1.29, 1.82) is 0 Å². The van der Waals surface area contributed by atoms with Crippen molar-refractivity contribution >= 4 is 9.08 Å². The third-order valence-electron chi connectivity index (χ3n) is 0.142. The van der Waals surface area contributed by atoms with Gasteiger partial charge < -0.3 is 0 Å². The van der Waals surface area contributed by atoms with Gasteiger partial charge in [-0.25, -0.2) is 0 Å². The Morgan fingerprint density at radius 1 is 1.33 bits per heavy atom. The monoisotopic (exact) mass is 109 g/mol. The van der Waals surface area contributed by atoms with Crippen LogP contribution in [0.4, 0.5) is 12.3 Å². The van der Waals surface area contributed by atoms with Gasteiger partial charge in [0.1, 0.15) is 0 Å². The molecule has 0 heterocycles. The van der Waals surface area contributed by atoms with Gasteiger partial charge in [-0.2, -0.15) is 0 Å². The average Bonchev–Trinajstić information content (AvgIpc) is 1.35. The van der Waals surface area contributed by atoms with E-state index in [1.165, 1.54) is 0 Å². The van der Waals surface area contributed by atoms with Crippen LogP contribution in [0.3, 0.4) is 0 Å². The first-order valence-electron chi connectivity index (χ1n) is 1.07. The summed E-state index contributed by atoms with van der Waals surface area (Å²) in [5.74, 6) is 0. The van der Waals surface area contributed by atoms with E-state index < -0.39 is 9.08 Å². The molecule has 0 aromatic rings. The van der Waals surface area contributed by atoms with Gasteiger partial charge in [0.15, 0.2) is 0 Å². The molecule has 0 spiro atoms. The average molecular weight is 109 g/mol. The van der Waals surface area contributed by atoms with Crippen molar-refractivity contribution in [3.63, 3.8) is 0 Å². The van der Waals surface area contributed by atoms with Crippen molar-refractivity contribution < 1.29 is 12.3 Å². The van der Waals surface area contributed by atoms with E-state index in [-0.39, 0.29) is 0 Å². The fourth-order valence-electron chi connectivity index (χ4n) is 0. The Balaban J connectivity index is 3.55. The van der Waals surface area contributed by atoms with Crippen LogP contribution < -0.4 is 0 Å². The fraction of sp³-hybridized carbons (Fsp3) is 0. The first-order chi connectivity index (χ1) is 2.56. The molecule has 0 bridgehead atoms. The normalized spacial score (nSPS) is 10.8. The summed E-state index contributed by atoms with van der Waals surface area (Å²) >= 11 is 0. The molecule has 4 heteroatoms. The molecule has 0 fully saturated rings. The molecule has 0 aromatic heterocycles. The van der Waals surface area contributed by atoms with Crippen molar-refractivity contribution in [3.8, 4) is 5.54 Å². The van der Waals surface area contributed by atoms with E-state index in [4.69, 9.17) is 6.42 Å². The molecule has 0 aliphatic rings. The van der Waals surface area contributed by atoms with E-state index in [0.717, 1.165) is 0 Å². The van der Waals surface area contributed by atoms with Gasteiger partial charge in [-0.05, 0) is 0 Å². The summed E-state index contributed by atoms with van der Waals surface area (Å²) in [6.45, 7) is 0. The Morgan fingerprint density at radius 2 is 1.50 bits per heavy atom. The SMILES string of the molecule is [C+]#C[Si](F)(F)F. The molecule has 0 saturated carbocycles. The quantitative estimate of drug-likeness (QED) is 0.188. The second-order valence-corrected chi connectivity index (χ2v) is 1.87. The van der Waals surface area contributed by atoms with Gasteiger partial charge in [0.25, 0.3) is 0 Å². The Morgan fingerprint density at radius 3 is 1.50 bits per heavy atom. The molecule has 0 rings (SSSR count). The molecular weight excluding hydrogens is 109 g/mol. The van der Waals surface area contributed by atoms with Crippen LogP contribution in [-0.4, -0.2) is 9.08 Å². The topological polar surface area (TPSA) is 0 Å². The molecular formula is C2F3Si+. The van der Waals surface area contributed by atoms with Crippen molar-refractivity contribution in [3.05, 3.63) is 6.42 Å². The van der Waals surface area contributed by atoms with Crippen molar-refractivity contribution in [2.24, 2.45) is 0 Å². The van der Waals surface area contributed by atoms with E-state index in [0.29, 0.717) is 5.54 Å². The molecule has 32 valence electrons. The zero-order valence-electron chi connectivity index (χ0n) is 2.63. The zero-order chi connectivity index (χ0) is 5.21. The summed E-state index contributed by atoms with van der Waals surface area (Å²) in [5.41, 5.74) is 0.493. The van der Waals surface area contributed by atoms with Crippen LogP contribution in [0.2, 0.25) is 0 Å². The minimum atomic E-state index is -5.71. The van der Waals surface area contributed by atoms with Crippen LogP contribution in [0.25, 0.3) is 0 Å². The second kappa shape index (κ2) is 1.49. The summed E-state index contributed by atoms with van der Waals surface area (Å²) in [6, 6.07) is 0. The summed E-state index contributed by atoms with van der Waals surface area (Å²) in [5, 5.41) is 0. The summed E-state index contributed by atoms with van der Waals surface area (Å²) in [7, 11) is -5.71. The fourth-order valence-corrected chi connectivity index (χ4v) is 0. The van der Waals surface area contributed by atoms with Crippen LogP contribution >= 0.6 is 0 Å². The van der Waals surface area contributed by atoms with Crippen molar-refractivity contribution in [2.75, 3.05) is 0 Å². The van der Waals surface area contributed by atoms with Crippen LogP contribution in [0, 0.1) is 12.0 Å². The van der Waals surface area contributed by atoms with Gasteiger partial charge in [0.05, 0.1) is 0 Å². The van der Waals surface area contributed by atoms with Gasteiger partial charge in [0, 0.05) is 0 Å². The molecule has 0 radical (unpaired) electrons. The first-order valence-corrected chi connectivity index (χ1v) is 2.70. The molecule has 0 amide bonds. The molecule has 6 heavy (non-hydrogen) atoms. The molecule has 0 atom stereocenters. The standard InChI is InChI=1S/C2F3Si/c1-2-6(3,4)5/q+1. The molecule has 0 aliphatic carbocycles. The maximum atomic E-state index is 10.6. The molecule has 0 aromatic carbocycles. The number of hydrogen-bond donors (Lipinski definition) is 0. The summed E-state index contributed by atoms with van der Waals surface area (Å²) < 4.78 is 31.9. The van der Waals surface area contributed by atoms with E-state index >= 15 is 0 Å². The van der Waals surface area contributed by atoms with E-state index in [9.17, 15) is 12.3 Å². The third-order valence-corrected chi connectivity index (χ3v) is 0.425. The van der Waals surface area contributed by atoms with Gasteiger partial charge >= 0.3 is 33.4 Å². The Kier molecular flexibility index (Phi) is 1.44.